The lowest BCUT2D eigenvalue weighted by Gasteiger charge is -2.24. The highest BCUT2D eigenvalue weighted by Crippen LogP contribution is 2.15. The number of hydrogen-bond acceptors (Lipinski definition) is 4. The van der Waals surface area contributed by atoms with E-state index in [1.54, 1.807) is 31.1 Å². The van der Waals surface area contributed by atoms with Crippen molar-refractivity contribution >= 4 is 24.0 Å². The fourth-order valence-corrected chi connectivity index (χ4v) is 1.40. The molecule has 0 unspecified atom stereocenters. The molecule has 5 nitrogen and oxygen atoms in total. The molecule has 17 heavy (non-hydrogen) atoms. The maximum atomic E-state index is 11.9. The zero-order valence-corrected chi connectivity index (χ0v) is 11.1. The van der Waals surface area contributed by atoms with E-state index in [0.717, 1.165) is 0 Å². The molecule has 0 aliphatic heterocycles. The van der Waals surface area contributed by atoms with Crippen molar-refractivity contribution in [2.75, 3.05) is 11.4 Å². The average Bonchev–Trinajstić information content (AvgIpc) is 2.17. The van der Waals surface area contributed by atoms with Crippen molar-refractivity contribution in [1.82, 2.24) is 9.97 Å². The van der Waals surface area contributed by atoms with Gasteiger partial charge in [-0.3, -0.25) is 4.79 Å². The van der Waals surface area contributed by atoms with Crippen LogP contribution in [0, 0.1) is 0 Å². The van der Waals surface area contributed by atoms with Crippen molar-refractivity contribution in [3.8, 4) is 0 Å². The first-order chi connectivity index (χ1) is 7.44. The van der Waals surface area contributed by atoms with Gasteiger partial charge in [-0.05, 0) is 20.8 Å². The lowest BCUT2D eigenvalue weighted by atomic mass is 10.0. The van der Waals surface area contributed by atoms with Crippen LogP contribution in [0.3, 0.4) is 0 Å². The number of halogens is 1. The first-order valence-corrected chi connectivity index (χ1v) is 5.22. The Hall–Kier alpha value is -1.20. The lowest BCUT2D eigenvalue weighted by molar-refractivity contribution is -0.122. The Bertz CT molecular complexity index is 351. The predicted molar refractivity (Wildman–Crippen MR) is 68.2 cm³/mol. The Morgan fingerprint density at radius 2 is 1.94 bits per heavy atom. The van der Waals surface area contributed by atoms with E-state index in [1.807, 2.05) is 6.92 Å². The van der Waals surface area contributed by atoms with Crippen LogP contribution in [0.4, 0.5) is 5.69 Å². The quantitative estimate of drug-likeness (QED) is 0.888. The fraction of sp³-hybridized carbons (Fsp3) is 0.545. The number of hydrogen-bond donors (Lipinski definition) is 1. The second kappa shape index (κ2) is 6.51. The molecule has 0 aromatic carbocycles. The Morgan fingerprint density at radius 1 is 1.41 bits per heavy atom. The van der Waals surface area contributed by atoms with Crippen molar-refractivity contribution in [1.29, 1.82) is 0 Å². The zero-order chi connectivity index (χ0) is 12.2. The second-order valence-corrected chi connectivity index (χ2v) is 4.22. The van der Waals surface area contributed by atoms with Gasteiger partial charge in [-0.25, -0.2) is 9.97 Å². The third-order valence-corrected chi connectivity index (χ3v) is 2.06. The topological polar surface area (TPSA) is 66.3 Å². The molecule has 1 aromatic heterocycles. The molecular formula is C11H18ClN3O2. The number of anilines is 1. The third kappa shape index (κ3) is 5.10. The molecule has 1 aromatic rings. The van der Waals surface area contributed by atoms with Gasteiger partial charge in [-0.15, -0.1) is 12.4 Å². The summed E-state index contributed by atoms with van der Waals surface area (Å²) >= 11 is 0. The van der Waals surface area contributed by atoms with Crippen LogP contribution in [-0.2, 0) is 4.79 Å². The summed E-state index contributed by atoms with van der Waals surface area (Å²) in [5, 5.41) is 9.60. The summed E-state index contributed by atoms with van der Waals surface area (Å²) in [5.41, 5.74) is -0.348. The molecule has 96 valence electrons. The van der Waals surface area contributed by atoms with Crippen LogP contribution in [0.5, 0.6) is 0 Å². The van der Waals surface area contributed by atoms with Crippen LogP contribution >= 0.6 is 12.4 Å². The number of aromatic nitrogens is 2. The molecule has 0 saturated heterocycles. The Balaban J connectivity index is 0.00000256. The average molecular weight is 260 g/mol. The molecule has 0 fully saturated rings. The number of carbonyl (C=O) groups excluding carboxylic acids is 1. The van der Waals surface area contributed by atoms with Crippen molar-refractivity contribution in [3.05, 3.63) is 18.7 Å². The van der Waals surface area contributed by atoms with Crippen molar-refractivity contribution in [2.24, 2.45) is 0 Å². The van der Waals surface area contributed by atoms with Gasteiger partial charge in [0.25, 0.3) is 0 Å². The minimum Gasteiger partial charge on any atom is -0.390 e. The van der Waals surface area contributed by atoms with Crippen LogP contribution in [-0.4, -0.2) is 33.1 Å². The van der Waals surface area contributed by atoms with Crippen LogP contribution < -0.4 is 4.90 Å². The Kier molecular flexibility index (Phi) is 6.05. The van der Waals surface area contributed by atoms with E-state index in [4.69, 9.17) is 0 Å². The van der Waals surface area contributed by atoms with Gasteiger partial charge in [-0.1, -0.05) is 0 Å². The standard InChI is InChI=1S/C11H17N3O2.ClH/c1-4-14(9-6-12-8-13-7-9)10(15)5-11(2,3)16;/h6-8,16H,4-5H2,1-3H3;1H. The molecule has 0 spiro atoms. The van der Waals surface area contributed by atoms with Crippen molar-refractivity contribution in [3.63, 3.8) is 0 Å². The van der Waals surface area contributed by atoms with Gasteiger partial charge in [0, 0.05) is 6.54 Å². The van der Waals surface area contributed by atoms with Gasteiger partial charge in [0.15, 0.2) is 0 Å². The van der Waals surface area contributed by atoms with E-state index in [0.29, 0.717) is 12.2 Å². The van der Waals surface area contributed by atoms with Gasteiger partial charge in [0.2, 0.25) is 5.91 Å². The van der Waals surface area contributed by atoms with E-state index < -0.39 is 5.60 Å². The SMILES string of the molecule is CCN(C(=O)CC(C)(C)O)c1cncnc1.Cl. The highest BCUT2D eigenvalue weighted by molar-refractivity contribution is 5.93. The molecule has 1 amide bonds. The molecule has 0 bridgehead atoms. The summed E-state index contributed by atoms with van der Waals surface area (Å²) in [5.74, 6) is -0.134. The number of rotatable bonds is 4. The van der Waals surface area contributed by atoms with Crippen LogP contribution in [0.15, 0.2) is 18.7 Å². The van der Waals surface area contributed by atoms with Crippen molar-refractivity contribution < 1.29 is 9.90 Å². The number of aliphatic hydroxyl groups is 1. The summed E-state index contributed by atoms with van der Waals surface area (Å²) in [6.45, 7) is 5.62. The molecule has 1 rings (SSSR count). The minimum atomic E-state index is -1.000. The van der Waals surface area contributed by atoms with Gasteiger partial charge in [-0.2, -0.15) is 0 Å². The molecular weight excluding hydrogens is 242 g/mol. The highest BCUT2D eigenvalue weighted by atomic mass is 35.5. The van der Waals surface area contributed by atoms with Crippen molar-refractivity contribution in [2.45, 2.75) is 32.8 Å². The van der Waals surface area contributed by atoms with Crippen LogP contribution in [0.25, 0.3) is 0 Å². The number of carbonyl (C=O) groups is 1. The number of amides is 1. The van der Waals surface area contributed by atoms with Gasteiger partial charge in [0.05, 0.1) is 30.1 Å². The fourth-order valence-electron chi connectivity index (χ4n) is 1.40. The first kappa shape index (κ1) is 15.8. The molecule has 1 N–H and O–H groups in total. The summed E-state index contributed by atoms with van der Waals surface area (Å²) in [6, 6.07) is 0. The van der Waals surface area contributed by atoms with E-state index in [2.05, 4.69) is 9.97 Å². The predicted octanol–water partition coefficient (Wildman–Crippen LogP) is 1.41. The Labute approximate surface area is 107 Å². The molecule has 0 saturated carbocycles. The minimum absolute atomic E-state index is 0. The van der Waals surface area contributed by atoms with E-state index >= 15 is 0 Å². The van der Waals surface area contributed by atoms with Crippen LogP contribution in [0.2, 0.25) is 0 Å². The summed E-state index contributed by atoms with van der Waals surface area (Å²) in [4.78, 5) is 21.2. The molecule has 1 heterocycles. The summed E-state index contributed by atoms with van der Waals surface area (Å²) in [7, 11) is 0. The van der Waals surface area contributed by atoms with Crippen LogP contribution in [0.1, 0.15) is 27.2 Å². The normalized spacial score (nSPS) is 10.6. The highest BCUT2D eigenvalue weighted by Gasteiger charge is 2.22. The molecule has 0 atom stereocenters. The maximum absolute atomic E-state index is 11.9. The largest absolute Gasteiger partial charge is 0.390 e. The maximum Gasteiger partial charge on any atom is 0.229 e. The van der Waals surface area contributed by atoms with E-state index in [1.165, 1.54) is 6.33 Å². The van der Waals surface area contributed by atoms with Gasteiger partial charge in [0.1, 0.15) is 6.33 Å². The monoisotopic (exact) mass is 259 g/mol. The zero-order valence-electron chi connectivity index (χ0n) is 10.3. The second-order valence-electron chi connectivity index (χ2n) is 4.22. The molecule has 0 radical (unpaired) electrons. The lowest BCUT2D eigenvalue weighted by Crippen LogP contribution is -2.36. The first-order valence-electron chi connectivity index (χ1n) is 5.22. The van der Waals surface area contributed by atoms with E-state index in [9.17, 15) is 9.90 Å². The van der Waals surface area contributed by atoms with Gasteiger partial charge < -0.3 is 10.0 Å². The smallest absolute Gasteiger partial charge is 0.229 e. The summed E-state index contributed by atoms with van der Waals surface area (Å²) < 4.78 is 0. The molecule has 0 aliphatic carbocycles. The Morgan fingerprint density at radius 3 is 2.35 bits per heavy atom. The number of nitrogens with zero attached hydrogens (tertiary/aromatic N) is 3. The molecule has 0 aliphatic rings. The third-order valence-electron chi connectivity index (χ3n) is 2.06. The summed E-state index contributed by atoms with van der Waals surface area (Å²) in [6.07, 6.45) is 4.66. The van der Waals surface area contributed by atoms with Gasteiger partial charge >= 0.3 is 0 Å². The molecule has 6 heteroatoms. The van der Waals surface area contributed by atoms with E-state index in [-0.39, 0.29) is 24.7 Å².